The number of hydrogen-bond donors (Lipinski definition) is 3. The summed E-state index contributed by atoms with van der Waals surface area (Å²) in [6.07, 6.45) is 5.58. The molecule has 0 rings (SSSR count). The van der Waals surface area contributed by atoms with E-state index in [1.807, 2.05) is 6.92 Å². The molecule has 0 aliphatic rings. The fraction of sp³-hybridized carbons (Fsp3) is 0.444. The van der Waals surface area contributed by atoms with Crippen LogP contribution in [-0.2, 0) is 4.79 Å². The van der Waals surface area contributed by atoms with Crippen molar-refractivity contribution < 1.29 is 15.0 Å². The summed E-state index contributed by atoms with van der Waals surface area (Å²) in [5, 5.41) is 19.7. The Hall–Kier alpha value is -1.13. The van der Waals surface area contributed by atoms with Crippen LogP contribution in [0, 0.1) is 0 Å². The number of carbonyl (C=O) groups excluding carboxylic acids is 1. The van der Waals surface area contributed by atoms with Crippen molar-refractivity contribution in [2.45, 2.75) is 13.0 Å². The summed E-state index contributed by atoms with van der Waals surface area (Å²) in [4.78, 5) is 10.9. The summed E-state index contributed by atoms with van der Waals surface area (Å²) in [5.41, 5.74) is 0. The van der Waals surface area contributed by atoms with Crippen LogP contribution >= 0.6 is 0 Å². The molecule has 0 aromatic rings. The second-order valence-electron chi connectivity index (χ2n) is 2.47. The number of rotatable bonds is 5. The standard InChI is InChI=1S/C9H15NO3/c1-2-3-4-5-9(13)10-6-8(12)7-11/h2-5,8,11-12H,6-7H2,1H3,(H,10,13). The van der Waals surface area contributed by atoms with Crippen LogP contribution in [0.1, 0.15) is 6.92 Å². The smallest absolute Gasteiger partial charge is 0.244 e. The second-order valence-corrected chi connectivity index (χ2v) is 2.47. The lowest BCUT2D eigenvalue weighted by Gasteiger charge is -2.06. The van der Waals surface area contributed by atoms with Crippen molar-refractivity contribution in [3.8, 4) is 0 Å². The SMILES string of the molecule is CC=CC=CC(=O)NCC(O)CO. The zero-order chi connectivity index (χ0) is 10.1. The number of aliphatic hydroxyl groups excluding tert-OH is 2. The Bertz CT molecular complexity index is 199. The van der Waals surface area contributed by atoms with Gasteiger partial charge in [-0.2, -0.15) is 0 Å². The third kappa shape index (κ3) is 7.24. The van der Waals surface area contributed by atoms with E-state index in [9.17, 15) is 4.79 Å². The van der Waals surface area contributed by atoms with Crippen molar-refractivity contribution in [1.82, 2.24) is 5.32 Å². The van der Waals surface area contributed by atoms with E-state index in [0.717, 1.165) is 0 Å². The molecule has 0 aromatic heterocycles. The van der Waals surface area contributed by atoms with Gasteiger partial charge in [-0.15, -0.1) is 0 Å². The Balaban J connectivity index is 3.63. The number of aliphatic hydroxyl groups is 2. The largest absolute Gasteiger partial charge is 0.394 e. The van der Waals surface area contributed by atoms with Gasteiger partial charge >= 0.3 is 0 Å². The van der Waals surface area contributed by atoms with Gasteiger partial charge in [-0.3, -0.25) is 4.79 Å². The van der Waals surface area contributed by atoms with E-state index in [2.05, 4.69) is 5.32 Å². The van der Waals surface area contributed by atoms with Gasteiger partial charge in [-0.05, 0) is 6.92 Å². The molecule has 1 unspecified atom stereocenters. The Labute approximate surface area is 77.6 Å². The molecular weight excluding hydrogens is 170 g/mol. The molecule has 0 aliphatic carbocycles. The van der Waals surface area contributed by atoms with E-state index < -0.39 is 6.10 Å². The summed E-state index contributed by atoms with van der Waals surface area (Å²) < 4.78 is 0. The molecule has 0 aromatic carbocycles. The summed E-state index contributed by atoms with van der Waals surface area (Å²) in [6, 6.07) is 0. The average Bonchev–Trinajstić information content (AvgIpc) is 2.14. The summed E-state index contributed by atoms with van der Waals surface area (Å²) in [5.74, 6) is -0.286. The second kappa shape index (κ2) is 7.52. The predicted molar refractivity (Wildman–Crippen MR) is 50.1 cm³/mol. The maximum absolute atomic E-state index is 10.9. The van der Waals surface area contributed by atoms with Crippen molar-refractivity contribution in [2.75, 3.05) is 13.2 Å². The van der Waals surface area contributed by atoms with Crippen LogP contribution in [0.4, 0.5) is 0 Å². The lowest BCUT2D eigenvalue weighted by atomic mass is 10.3. The maximum Gasteiger partial charge on any atom is 0.244 e. The molecule has 0 heterocycles. The highest BCUT2D eigenvalue weighted by Crippen LogP contribution is 1.80. The molecule has 1 amide bonds. The zero-order valence-corrected chi connectivity index (χ0v) is 7.60. The van der Waals surface area contributed by atoms with Gasteiger partial charge in [0.15, 0.2) is 0 Å². The van der Waals surface area contributed by atoms with E-state index in [4.69, 9.17) is 10.2 Å². The Kier molecular flexibility index (Phi) is 6.86. The van der Waals surface area contributed by atoms with Gasteiger partial charge in [0.2, 0.25) is 5.91 Å². The molecule has 3 N–H and O–H groups in total. The number of allylic oxidation sites excluding steroid dienone is 3. The number of carbonyl (C=O) groups is 1. The topological polar surface area (TPSA) is 69.6 Å². The highest BCUT2D eigenvalue weighted by atomic mass is 16.3. The number of hydrogen-bond acceptors (Lipinski definition) is 3. The van der Waals surface area contributed by atoms with Crippen LogP contribution in [0.5, 0.6) is 0 Å². The lowest BCUT2D eigenvalue weighted by molar-refractivity contribution is -0.117. The van der Waals surface area contributed by atoms with Gasteiger partial charge in [0, 0.05) is 12.6 Å². The quantitative estimate of drug-likeness (QED) is 0.403. The molecule has 0 saturated carbocycles. The normalized spacial score (nSPS) is 13.8. The Morgan fingerprint density at radius 2 is 2.23 bits per heavy atom. The number of amides is 1. The van der Waals surface area contributed by atoms with Crippen molar-refractivity contribution in [3.05, 3.63) is 24.3 Å². The van der Waals surface area contributed by atoms with Gasteiger partial charge in [-0.1, -0.05) is 18.2 Å². The van der Waals surface area contributed by atoms with Crippen LogP contribution in [0.15, 0.2) is 24.3 Å². The number of nitrogens with one attached hydrogen (secondary N) is 1. The lowest BCUT2D eigenvalue weighted by Crippen LogP contribution is -2.32. The van der Waals surface area contributed by atoms with Crippen LogP contribution in [0.3, 0.4) is 0 Å². The monoisotopic (exact) mass is 185 g/mol. The first-order valence-corrected chi connectivity index (χ1v) is 4.06. The minimum Gasteiger partial charge on any atom is -0.394 e. The van der Waals surface area contributed by atoms with Crippen LogP contribution < -0.4 is 5.32 Å². The molecule has 0 saturated heterocycles. The first-order valence-electron chi connectivity index (χ1n) is 4.06. The van der Waals surface area contributed by atoms with Gasteiger partial charge in [-0.25, -0.2) is 0 Å². The molecule has 0 aliphatic heterocycles. The fourth-order valence-corrected chi connectivity index (χ4v) is 0.596. The molecule has 4 nitrogen and oxygen atoms in total. The minimum absolute atomic E-state index is 0.0650. The van der Waals surface area contributed by atoms with Crippen molar-refractivity contribution in [3.63, 3.8) is 0 Å². The average molecular weight is 185 g/mol. The summed E-state index contributed by atoms with van der Waals surface area (Å²) in [6.45, 7) is 1.56. The molecule has 13 heavy (non-hydrogen) atoms. The summed E-state index contributed by atoms with van der Waals surface area (Å²) >= 11 is 0. The van der Waals surface area contributed by atoms with Crippen LogP contribution in [0.2, 0.25) is 0 Å². The van der Waals surface area contributed by atoms with E-state index in [-0.39, 0.29) is 19.1 Å². The highest BCUT2D eigenvalue weighted by Gasteiger charge is 2.01. The minimum atomic E-state index is -0.890. The third-order valence-electron chi connectivity index (χ3n) is 1.27. The van der Waals surface area contributed by atoms with Crippen molar-refractivity contribution in [1.29, 1.82) is 0 Å². The fourth-order valence-electron chi connectivity index (χ4n) is 0.596. The molecule has 0 spiro atoms. The van der Waals surface area contributed by atoms with Crippen LogP contribution in [0.25, 0.3) is 0 Å². The third-order valence-corrected chi connectivity index (χ3v) is 1.27. The Morgan fingerprint density at radius 3 is 2.77 bits per heavy atom. The van der Waals surface area contributed by atoms with Crippen molar-refractivity contribution in [2.24, 2.45) is 0 Å². The first kappa shape index (κ1) is 11.9. The van der Waals surface area contributed by atoms with Crippen molar-refractivity contribution >= 4 is 5.91 Å². The van der Waals surface area contributed by atoms with E-state index in [1.54, 1.807) is 18.2 Å². The molecular formula is C9H15NO3. The first-order chi connectivity index (χ1) is 6.20. The van der Waals surface area contributed by atoms with Gasteiger partial charge in [0.1, 0.15) is 0 Å². The maximum atomic E-state index is 10.9. The highest BCUT2D eigenvalue weighted by molar-refractivity contribution is 5.87. The Morgan fingerprint density at radius 1 is 1.54 bits per heavy atom. The zero-order valence-electron chi connectivity index (χ0n) is 7.60. The molecule has 74 valence electrons. The van der Waals surface area contributed by atoms with E-state index >= 15 is 0 Å². The molecule has 0 bridgehead atoms. The van der Waals surface area contributed by atoms with Gasteiger partial charge in [0.25, 0.3) is 0 Å². The molecule has 4 heteroatoms. The molecule has 1 atom stereocenters. The van der Waals surface area contributed by atoms with E-state index in [1.165, 1.54) is 6.08 Å². The molecule has 0 fully saturated rings. The predicted octanol–water partition coefficient (Wildman–Crippen LogP) is -0.412. The summed E-state index contributed by atoms with van der Waals surface area (Å²) in [7, 11) is 0. The molecule has 0 radical (unpaired) electrons. The van der Waals surface area contributed by atoms with Gasteiger partial charge < -0.3 is 15.5 Å². The van der Waals surface area contributed by atoms with Crippen LogP contribution in [-0.4, -0.2) is 35.4 Å². The van der Waals surface area contributed by atoms with Gasteiger partial charge in [0.05, 0.1) is 12.7 Å². The van der Waals surface area contributed by atoms with E-state index in [0.29, 0.717) is 0 Å².